The van der Waals surface area contributed by atoms with E-state index in [2.05, 4.69) is 15.0 Å². The molecule has 0 amide bonds. The second-order valence-corrected chi connectivity index (χ2v) is 2.37. The molecule has 0 aliphatic rings. The van der Waals surface area contributed by atoms with Crippen LogP contribution in [0.25, 0.3) is 11.0 Å². The molecule has 0 bridgehead atoms. The zero-order valence-corrected chi connectivity index (χ0v) is 6.53. The van der Waals surface area contributed by atoms with Crippen LogP contribution in [0, 0.1) is 0 Å². The van der Waals surface area contributed by atoms with Gasteiger partial charge >= 0.3 is 0 Å². The molecule has 0 atom stereocenters. The number of rotatable bonds is 1. The average Bonchev–Trinajstić information content (AvgIpc) is 2.43. The molecule has 0 fully saturated rings. The SMILES string of the molecule is COc1cc2nc(N)[nH]c2cn1. The van der Waals surface area contributed by atoms with Gasteiger partial charge in [-0.15, -0.1) is 0 Å². The Morgan fingerprint density at radius 3 is 3.17 bits per heavy atom. The number of hydrogen-bond acceptors (Lipinski definition) is 4. The first kappa shape index (κ1) is 6.90. The van der Waals surface area contributed by atoms with Crippen molar-refractivity contribution in [3.05, 3.63) is 12.3 Å². The number of nitrogen functional groups attached to an aromatic ring is 1. The lowest BCUT2D eigenvalue weighted by atomic mass is 10.4. The number of nitrogens with zero attached hydrogens (tertiary/aromatic N) is 2. The van der Waals surface area contributed by atoms with Crippen LogP contribution >= 0.6 is 0 Å². The molecule has 3 N–H and O–H groups in total. The van der Waals surface area contributed by atoms with E-state index in [0.29, 0.717) is 11.8 Å². The lowest BCUT2D eigenvalue weighted by molar-refractivity contribution is 0.398. The van der Waals surface area contributed by atoms with Crippen molar-refractivity contribution >= 4 is 17.0 Å². The predicted octanol–water partition coefficient (Wildman–Crippen LogP) is 0.549. The largest absolute Gasteiger partial charge is 0.481 e. The number of imidazole rings is 1. The highest BCUT2D eigenvalue weighted by Crippen LogP contribution is 2.15. The van der Waals surface area contributed by atoms with Gasteiger partial charge in [0.25, 0.3) is 0 Å². The summed E-state index contributed by atoms with van der Waals surface area (Å²) in [5.74, 6) is 0.925. The van der Waals surface area contributed by atoms with Crippen molar-refractivity contribution in [3.63, 3.8) is 0 Å². The van der Waals surface area contributed by atoms with E-state index in [1.54, 1.807) is 19.4 Å². The van der Waals surface area contributed by atoms with E-state index >= 15 is 0 Å². The maximum Gasteiger partial charge on any atom is 0.215 e. The molecule has 5 heteroatoms. The smallest absolute Gasteiger partial charge is 0.215 e. The molecule has 5 nitrogen and oxygen atoms in total. The summed E-state index contributed by atoms with van der Waals surface area (Å²) in [5.41, 5.74) is 7.02. The van der Waals surface area contributed by atoms with Crippen molar-refractivity contribution in [2.45, 2.75) is 0 Å². The second-order valence-electron chi connectivity index (χ2n) is 2.37. The number of hydrogen-bond donors (Lipinski definition) is 2. The van der Waals surface area contributed by atoms with Crippen molar-refractivity contribution in [1.29, 1.82) is 0 Å². The normalized spacial score (nSPS) is 10.4. The average molecular weight is 164 g/mol. The Kier molecular flexibility index (Phi) is 1.36. The molecule has 62 valence electrons. The Bertz CT molecular complexity index is 409. The Hall–Kier alpha value is -1.78. The molecule has 12 heavy (non-hydrogen) atoms. The fourth-order valence-corrected chi connectivity index (χ4v) is 1.02. The standard InChI is InChI=1S/C7H8N4O/c1-12-6-2-4-5(3-9-6)11-7(8)10-4/h2-3H,1H3,(H3,8,10,11). The molecule has 0 spiro atoms. The van der Waals surface area contributed by atoms with Gasteiger partial charge in [-0.2, -0.15) is 0 Å². The van der Waals surface area contributed by atoms with Gasteiger partial charge in [0.05, 0.1) is 24.3 Å². The molecule has 0 aliphatic carbocycles. The summed E-state index contributed by atoms with van der Waals surface area (Å²) in [7, 11) is 1.56. The molecule has 0 saturated heterocycles. The minimum Gasteiger partial charge on any atom is -0.481 e. The summed E-state index contributed by atoms with van der Waals surface area (Å²) in [6, 6.07) is 1.72. The van der Waals surface area contributed by atoms with Crippen LogP contribution in [0.15, 0.2) is 12.3 Å². The summed E-state index contributed by atoms with van der Waals surface area (Å²) in [5, 5.41) is 0. The quantitative estimate of drug-likeness (QED) is 0.645. The number of methoxy groups -OCH3 is 1. The van der Waals surface area contributed by atoms with Gasteiger partial charge in [-0.25, -0.2) is 9.97 Å². The van der Waals surface area contributed by atoms with Crippen molar-refractivity contribution in [1.82, 2.24) is 15.0 Å². The number of H-pyrrole nitrogens is 1. The zero-order valence-electron chi connectivity index (χ0n) is 6.53. The highest BCUT2D eigenvalue weighted by Gasteiger charge is 2.01. The molecule has 0 unspecified atom stereocenters. The van der Waals surface area contributed by atoms with E-state index in [1.807, 2.05) is 0 Å². The number of aromatic amines is 1. The Morgan fingerprint density at radius 1 is 1.58 bits per heavy atom. The van der Waals surface area contributed by atoms with Crippen LogP contribution in [0.5, 0.6) is 5.88 Å². The van der Waals surface area contributed by atoms with Gasteiger partial charge in [0.2, 0.25) is 5.88 Å². The van der Waals surface area contributed by atoms with E-state index < -0.39 is 0 Å². The van der Waals surface area contributed by atoms with Crippen molar-refractivity contribution < 1.29 is 4.74 Å². The van der Waals surface area contributed by atoms with Crippen LogP contribution in [0.3, 0.4) is 0 Å². The molecule has 0 saturated carbocycles. The van der Waals surface area contributed by atoms with Gasteiger partial charge in [-0.05, 0) is 0 Å². The molecule has 0 aliphatic heterocycles. The van der Waals surface area contributed by atoms with Gasteiger partial charge < -0.3 is 15.5 Å². The van der Waals surface area contributed by atoms with Crippen LogP contribution in [-0.2, 0) is 0 Å². The van der Waals surface area contributed by atoms with Crippen molar-refractivity contribution in [2.75, 3.05) is 12.8 Å². The third-order valence-electron chi connectivity index (χ3n) is 1.57. The van der Waals surface area contributed by atoms with Crippen molar-refractivity contribution in [3.8, 4) is 5.88 Å². The first-order valence-corrected chi connectivity index (χ1v) is 3.45. The summed E-state index contributed by atoms with van der Waals surface area (Å²) in [6.07, 6.45) is 1.64. The topological polar surface area (TPSA) is 76.8 Å². The summed E-state index contributed by atoms with van der Waals surface area (Å²) in [6.45, 7) is 0. The number of anilines is 1. The molecular weight excluding hydrogens is 156 g/mol. The van der Waals surface area contributed by atoms with Gasteiger partial charge in [0.1, 0.15) is 0 Å². The number of aromatic nitrogens is 3. The molecule has 2 heterocycles. The Labute approximate surface area is 68.6 Å². The third-order valence-corrected chi connectivity index (χ3v) is 1.57. The zero-order chi connectivity index (χ0) is 8.55. The molecule has 2 rings (SSSR count). The fraction of sp³-hybridized carbons (Fsp3) is 0.143. The van der Waals surface area contributed by atoms with Gasteiger partial charge in [0.15, 0.2) is 5.95 Å². The van der Waals surface area contributed by atoms with Crippen LogP contribution in [0.2, 0.25) is 0 Å². The predicted molar refractivity (Wildman–Crippen MR) is 44.9 cm³/mol. The van der Waals surface area contributed by atoms with Crippen molar-refractivity contribution in [2.24, 2.45) is 0 Å². The maximum absolute atomic E-state index is 5.45. The minimum atomic E-state index is 0.389. The lowest BCUT2D eigenvalue weighted by Gasteiger charge is -1.95. The van der Waals surface area contributed by atoms with Gasteiger partial charge in [-0.3, -0.25) is 0 Å². The van der Waals surface area contributed by atoms with E-state index in [4.69, 9.17) is 10.5 Å². The molecule has 2 aromatic heterocycles. The summed E-state index contributed by atoms with van der Waals surface area (Å²) in [4.78, 5) is 10.9. The summed E-state index contributed by atoms with van der Waals surface area (Å²) < 4.78 is 4.93. The van der Waals surface area contributed by atoms with E-state index in [1.165, 1.54) is 0 Å². The van der Waals surface area contributed by atoms with Crippen LogP contribution in [-0.4, -0.2) is 22.1 Å². The molecule has 0 aromatic carbocycles. The monoisotopic (exact) mass is 164 g/mol. The van der Waals surface area contributed by atoms with Crippen LogP contribution < -0.4 is 10.5 Å². The number of ether oxygens (including phenoxy) is 1. The molecule has 0 radical (unpaired) electrons. The van der Waals surface area contributed by atoms with Gasteiger partial charge in [0, 0.05) is 6.07 Å². The molecule has 2 aromatic rings. The highest BCUT2D eigenvalue weighted by molar-refractivity contribution is 5.76. The molecular formula is C7H8N4O. The Balaban J connectivity index is 2.66. The minimum absolute atomic E-state index is 0.389. The first-order chi connectivity index (χ1) is 5.79. The van der Waals surface area contributed by atoms with E-state index in [-0.39, 0.29) is 0 Å². The second kappa shape index (κ2) is 2.37. The van der Waals surface area contributed by atoms with E-state index in [0.717, 1.165) is 11.0 Å². The fourth-order valence-electron chi connectivity index (χ4n) is 1.02. The van der Waals surface area contributed by atoms with E-state index in [9.17, 15) is 0 Å². The highest BCUT2D eigenvalue weighted by atomic mass is 16.5. The number of nitrogens with one attached hydrogen (secondary N) is 1. The first-order valence-electron chi connectivity index (χ1n) is 3.45. The van der Waals surface area contributed by atoms with Crippen LogP contribution in [0.4, 0.5) is 5.95 Å². The number of pyridine rings is 1. The maximum atomic E-state index is 5.45. The third kappa shape index (κ3) is 0.952. The summed E-state index contributed by atoms with van der Waals surface area (Å²) >= 11 is 0. The Morgan fingerprint density at radius 2 is 2.42 bits per heavy atom. The van der Waals surface area contributed by atoms with Gasteiger partial charge in [-0.1, -0.05) is 0 Å². The number of fused-ring (bicyclic) bond motifs is 1. The number of nitrogens with two attached hydrogens (primary N) is 1. The van der Waals surface area contributed by atoms with Crippen LogP contribution in [0.1, 0.15) is 0 Å². The lowest BCUT2D eigenvalue weighted by Crippen LogP contribution is -1.85.